The van der Waals surface area contributed by atoms with Crippen LogP contribution < -0.4 is 10.0 Å². The van der Waals surface area contributed by atoms with Gasteiger partial charge in [-0.2, -0.15) is 33.5 Å². The Kier molecular flexibility index (Phi) is 18.3. The molecule has 0 radical (unpaired) electrons. The summed E-state index contributed by atoms with van der Waals surface area (Å²) in [5, 5.41) is 10.3. The van der Waals surface area contributed by atoms with Crippen molar-refractivity contribution < 1.29 is 34.1 Å². The van der Waals surface area contributed by atoms with Crippen LogP contribution in [0.25, 0.3) is 0 Å². The third kappa shape index (κ3) is 11.8. The van der Waals surface area contributed by atoms with Crippen LogP contribution in [0.3, 0.4) is 0 Å². The van der Waals surface area contributed by atoms with Crippen LogP contribution in [0.1, 0.15) is 0 Å². The number of rotatable bonds is 4. The number of aromatic nitrogens is 2. The number of oxazole rings is 2. The Morgan fingerprint density at radius 2 is 1.10 bits per heavy atom. The molecule has 41 heavy (non-hydrogen) atoms. The third-order valence-electron chi connectivity index (χ3n) is 4.78. The van der Waals surface area contributed by atoms with Crippen molar-refractivity contribution in [2.75, 3.05) is 59.2 Å². The van der Waals surface area contributed by atoms with Crippen LogP contribution >= 0.6 is 97.7 Å². The molecule has 0 bridgehead atoms. The summed E-state index contributed by atoms with van der Waals surface area (Å²) in [6.07, 6.45) is 5.99. The summed E-state index contributed by atoms with van der Waals surface area (Å²) in [5.74, 6) is 4.03. The maximum absolute atomic E-state index is 8.50. The van der Waals surface area contributed by atoms with E-state index in [9.17, 15) is 0 Å². The van der Waals surface area contributed by atoms with Gasteiger partial charge in [0, 0.05) is 49.2 Å². The SMILES string of the molecule is S=C(S)N(c1ncco1)N(C(=S)[S-])N1CCSCC1.S=C(S)N(c1ncco1)N(C(=S)[S-])N1CCSCC1.[O]=[Mo+2]=[O]. The van der Waals surface area contributed by atoms with E-state index in [0.717, 1.165) is 49.2 Å². The zero-order chi connectivity index (χ0) is 30.4. The molecule has 2 aliphatic rings. The minimum atomic E-state index is -2.03. The molecule has 0 N–H and O–H groups in total. The van der Waals surface area contributed by atoms with Crippen molar-refractivity contribution in [2.24, 2.45) is 0 Å². The van der Waals surface area contributed by atoms with Gasteiger partial charge in [0.15, 0.2) is 8.64 Å². The number of hydrogen-bond donors (Lipinski definition) is 2. The van der Waals surface area contributed by atoms with Crippen molar-refractivity contribution in [2.45, 2.75) is 0 Å². The number of nitrogens with zero attached hydrogens (tertiary/aromatic N) is 8. The summed E-state index contributed by atoms with van der Waals surface area (Å²) < 4.78 is 28.6. The number of thioether (sulfide) groups is 2. The first kappa shape index (κ1) is 37.2. The molecule has 2 aromatic heterocycles. The second-order valence-corrected chi connectivity index (χ2v) is 14.2. The van der Waals surface area contributed by atoms with Crippen LogP contribution in [-0.4, -0.2) is 96.7 Å². The van der Waals surface area contributed by atoms with Crippen LogP contribution in [0.2, 0.25) is 0 Å². The second-order valence-electron chi connectivity index (χ2n) is 7.13. The van der Waals surface area contributed by atoms with Gasteiger partial charge in [-0.15, -0.1) is 25.3 Å². The van der Waals surface area contributed by atoms with Gasteiger partial charge in [0.05, 0.1) is 12.4 Å². The van der Waals surface area contributed by atoms with Crippen molar-refractivity contribution in [3.05, 3.63) is 24.9 Å². The molecule has 0 unspecified atom stereocenters. The number of anilines is 2. The van der Waals surface area contributed by atoms with E-state index >= 15 is 0 Å². The molecule has 2 fully saturated rings. The molecule has 2 aromatic rings. The van der Waals surface area contributed by atoms with E-state index in [0.29, 0.717) is 12.0 Å². The molecule has 0 aromatic carbocycles. The van der Waals surface area contributed by atoms with Crippen LogP contribution in [0.4, 0.5) is 12.0 Å². The van der Waals surface area contributed by atoms with Crippen molar-refractivity contribution >= 4 is 152 Å². The fourth-order valence-electron chi connectivity index (χ4n) is 3.26. The van der Waals surface area contributed by atoms with Gasteiger partial charge in [-0.1, -0.05) is 24.4 Å². The molecular formula is C18H22MoN8O4S10. The molecule has 0 atom stereocenters. The van der Waals surface area contributed by atoms with E-state index in [-0.39, 0.29) is 17.3 Å². The Balaban J connectivity index is 0.000000262. The topological polar surface area (TPSA) is 106 Å². The van der Waals surface area contributed by atoms with E-state index in [1.807, 2.05) is 33.5 Å². The van der Waals surface area contributed by atoms with Gasteiger partial charge < -0.3 is 58.5 Å². The zero-order valence-electron chi connectivity index (χ0n) is 20.7. The molecule has 2 saturated heterocycles. The quantitative estimate of drug-likeness (QED) is 0.155. The molecule has 2 aliphatic heterocycles. The standard InChI is InChI=1S/2C9H12N4OS5.Mo.2O/c2*15-8(16)12(7-10-1-4-14-7)13(9(17)18)11-2-5-19-6-3-11;;;/h2*1,4H,2-3,5-6H2,(H,15,16)(H,17,18);;;/q;;+2;;/p-2. The van der Waals surface area contributed by atoms with Crippen LogP contribution in [0.5, 0.6) is 0 Å². The summed E-state index contributed by atoms with van der Waals surface area (Å²) in [4.78, 5) is 8.16. The summed E-state index contributed by atoms with van der Waals surface area (Å²) in [5.41, 5.74) is 0. The maximum atomic E-state index is 8.50. The number of thiol groups is 2. The Labute approximate surface area is 297 Å². The van der Waals surface area contributed by atoms with E-state index in [4.69, 9.17) is 89.8 Å². The average Bonchev–Trinajstić information content (AvgIpc) is 3.66. The van der Waals surface area contributed by atoms with Gasteiger partial charge in [0.2, 0.25) is 0 Å². The van der Waals surface area contributed by atoms with Gasteiger partial charge in [0.1, 0.15) is 12.5 Å². The summed E-state index contributed by atoms with van der Waals surface area (Å²) in [7, 11) is 0. The normalized spacial score (nSPS) is 15.1. The Morgan fingerprint density at radius 3 is 1.32 bits per heavy atom. The van der Waals surface area contributed by atoms with E-state index in [1.165, 1.54) is 34.9 Å². The first-order valence-electron chi connectivity index (χ1n) is 11.1. The molecular weight excluding hydrogens is 809 g/mol. The molecule has 12 nitrogen and oxygen atoms in total. The van der Waals surface area contributed by atoms with Gasteiger partial charge >= 0.3 is 37.3 Å². The average molecular weight is 831 g/mol. The van der Waals surface area contributed by atoms with Gasteiger partial charge in [-0.05, 0) is 8.64 Å². The molecule has 0 spiro atoms. The van der Waals surface area contributed by atoms with Gasteiger partial charge in [0.25, 0.3) is 0 Å². The number of thiocarbonyl (C=S) groups is 4. The molecule has 0 aliphatic carbocycles. The molecule has 23 heteroatoms. The Bertz CT molecular complexity index is 1080. The Hall–Kier alpha value is 0.0283. The van der Waals surface area contributed by atoms with Crippen molar-refractivity contribution in [1.29, 1.82) is 0 Å². The van der Waals surface area contributed by atoms with E-state index in [2.05, 4.69) is 35.2 Å². The van der Waals surface area contributed by atoms with Crippen molar-refractivity contribution in [3.8, 4) is 0 Å². The monoisotopic (exact) mass is 832 g/mol. The fourth-order valence-corrected chi connectivity index (χ4v) is 6.47. The summed E-state index contributed by atoms with van der Waals surface area (Å²) in [6, 6.07) is 0.593. The first-order valence-corrected chi connectivity index (χ1v) is 18.4. The van der Waals surface area contributed by atoms with E-state index < -0.39 is 18.5 Å². The summed E-state index contributed by atoms with van der Waals surface area (Å²) in [6.45, 7) is 3.31. The number of hydrogen-bond acceptors (Lipinski definition) is 16. The fraction of sp³-hybridized carbons (Fsp3) is 0.444. The van der Waals surface area contributed by atoms with Crippen molar-refractivity contribution in [3.63, 3.8) is 0 Å². The predicted molar refractivity (Wildman–Crippen MR) is 184 cm³/mol. The van der Waals surface area contributed by atoms with Crippen LogP contribution in [-0.2, 0) is 50.5 Å². The van der Waals surface area contributed by atoms with Crippen LogP contribution in [0, 0.1) is 0 Å². The Morgan fingerprint density at radius 1 is 0.780 bits per heavy atom. The predicted octanol–water partition coefficient (Wildman–Crippen LogP) is 3.18. The van der Waals surface area contributed by atoms with Gasteiger partial charge in [-0.3, -0.25) is 0 Å². The minimum absolute atomic E-state index is 0.251. The van der Waals surface area contributed by atoms with Gasteiger partial charge in [-0.25, -0.2) is 30.2 Å². The molecule has 224 valence electrons. The van der Waals surface area contributed by atoms with E-state index in [1.54, 1.807) is 10.2 Å². The molecule has 4 rings (SSSR count). The van der Waals surface area contributed by atoms with Crippen LogP contribution in [0.15, 0.2) is 33.8 Å². The molecule has 4 heterocycles. The zero-order valence-corrected chi connectivity index (χ0v) is 31.1. The third-order valence-corrected chi connectivity index (χ3v) is 8.04. The van der Waals surface area contributed by atoms with Crippen molar-refractivity contribution in [1.82, 2.24) is 30.2 Å². The first-order chi connectivity index (χ1) is 19.6. The summed E-state index contributed by atoms with van der Waals surface area (Å²) >= 11 is 41.1. The molecule has 0 amide bonds. The molecule has 0 saturated carbocycles. The number of hydrazine groups is 4. The second kappa shape index (κ2) is 20.1.